The van der Waals surface area contributed by atoms with Crippen molar-refractivity contribution in [1.29, 1.82) is 0 Å². The van der Waals surface area contributed by atoms with Gasteiger partial charge in [-0.1, -0.05) is 0 Å². The molecule has 2 amide bonds. The van der Waals surface area contributed by atoms with Crippen LogP contribution in [-0.4, -0.2) is 32.6 Å². The van der Waals surface area contributed by atoms with Gasteiger partial charge in [0.2, 0.25) is 11.9 Å². The van der Waals surface area contributed by atoms with E-state index in [0.717, 1.165) is 12.8 Å². The molecule has 1 aliphatic carbocycles. The predicted molar refractivity (Wildman–Crippen MR) is 53.5 cm³/mol. The smallest absolute Gasteiger partial charge is 0.252 e. The van der Waals surface area contributed by atoms with Gasteiger partial charge in [0.15, 0.2) is 0 Å². The minimum Gasteiger partial charge on any atom is -0.353 e. The molecule has 0 radical (unpaired) electrons. The monoisotopic (exact) mass is 221 g/mol. The Morgan fingerprint density at radius 1 is 1.62 bits per heavy atom. The fraction of sp³-hybridized carbons (Fsp3) is 0.556. The minimum atomic E-state index is -0.559. The molecule has 0 saturated heterocycles. The van der Waals surface area contributed by atoms with E-state index in [-0.39, 0.29) is 18.2 Å². The number of carbonyl (C=O) groups excluding carboxylic acids is 2. The minimum absolute atomic E-state index is 0.106. The van der Waals surface area contributed by atoms with E-state index in [0.29, 0.717) is 12.0 Å². The summed E-state index contributed by atoms with van der Waals surface area (Å²) < 4.78 is 1.45. The number of rotatable bonds is 3. The van der Waals surface area contributed by atoms with Crippen LogP contribution in [-0.2, 0) is 9.59 Å². The van der Waals surface area contributed by atoms with Crippen molar-refractivity contribution >= 4 is 17.8 Å². The molecular weight excluding hydrogens is 210 g/mol. The number of anilines is 1. The number of amides is 2. The fourth-order valence-corrected chi connectivity index (χ4v) is 1.74. The predicted octanol–water partition coefficient (Wildman–Crippen LogP) is -0.560. The third-order valence-electron chi connectivity index (χ3n) is 2.73. The SMILES string of the molecule is O=C(CC1C(=O)Nc2ncnn21)NC1CC1. The van der Waals surface area contributed by atoms with Crippen molar-refractivity contribution in [2.45, 2.75) is 31.3 Å². The Morgan fingerprint density at radius 2 is 2.44 bits per heavy atom. The second kappa shape index (κ2) is 3.29. The van der Waals surface area contributed by atoms with E-state index < -0.39 is 6.04 Å². The van der Waals surface area contributed by atoms with E-state index in [1.54, 1.807) is 0 Å². The van der Waals surface area contributed by atoms with E-state index in [9.17, 15) is 9.59 Å². The van der Waals surface area contributed by atoms with Crippen molar-refractivity contribution in [3.63, 3.8) is 0 Å². The van der Waals surface area contributed by atoms with Crippen molar-refractivity contribution in [1.82, 2.24) is 20.1 Å². The lowest BCUT2D eigenvalue weighted by atomic mass is 10.2. The van der Waals surface area contributed by atoms with E-state index >= 15 is 0 Å². The summed E-state index contributed by atoms with van der Waals surface area (Å²) in [6.45, 7) is 0. The lowest BCUT2D eigenvalue weighted by molar-refractivity contribution is -0.126. The highest BCUT2D eigenvalue weighted by molar-refractivity contribution is 5.98. The highest BCUT2D eigenvalue weighted by Gasteiger charge is 2.34. The molecule has 1 saturated carbocycles. The topological polar surface area (TPSA) is 88.9 Å². The van der Waals surface area contributed by atoms with Gasteiger partial charge in [0.25, 0.3) is 5.91 Å². The van der Waals surface area contributed by atoms with Crippen LogP contribution < -0.4 is 10.6 Å². The molecule has 2 N–H and O–H groups in total. The molecule has 3 rings (SSSR count). The van der Waals surface area contributed by atoms with Crippen LogP contribution in [0.25, 0.3) is 0 Å². The molecule has 7 nitrogen and oxygen atoms in total. The molecular formula is C9H11N5O2. The molecule has 2 aliphatic rings. The molecule has 2 heterocycles. The van der Waals surface area contributed by atoms with Crippen molar-refractivity contribution in [3.8, 4) is 0 Å². The van der Waals surface area contributed by atoms with Gasteiger partial charge in [-0.05, 0) is 12.8 Å². The summed E-state index contributed by atoms with van der Waals surface area (Å²) >= 11 is 0. The van der Waals surface area contributed by atoms with Gasteiger partial charge in [0, 0.05) is 6.04 Å². The second-order valence-corrected chi connectivity index (χ2v) is 4.08. The lowest BCUT2D eigenvalue weighted by Crippen LogP contribution is -2.30. The molecule has 7 heteroatoms. The van der Waals surface area contributed by atoms with Gasteiger partial charge in [0.1, 0.15) is 12.4 Å². The Morgan fingerprint density at radius 3 is 3.19 bits per heavy atom. The molecule has 0 bridgehead atoms. The van der Waals surface area contributed by atoms with Crippen molar-refractivity contribution < 1.29 is 9.59 Å². The molecule has 16 heavy (non-hydrogen) atoms. The molecule has 1 atom stereocenters. The van der Waals surface area contributed by atoms with Gasteiger partial charge < -0.3 is 5.32 Å². The zero-order valence-corrected chi connectivity index (χ0v) is 8.51. The van der Waals surface area contributed by atoms with Crippen molar-refractivity contribution in [2.24, 2.45) is 0 Å². The molecule has 0 aromatic carbocycles. The van der Waals surface area contributed by atoms with Gasteiger partial charge in [-0.2, -0.15) is 10.1 Å². The Kier molecular flexibility index (Phi) is 1.92. The van der Waals surface area contributed by atoms with Crippen LogP contribution in [0.2, 0.25) is 0 Å². The number of nitrogens with one attached hydrogen (secondary N) is 2. The maximum Gasteiger partial charge on any atom is 0.252 e. The van der Waals surface area contributed by atoms with Crippen LogP contribution in [0, 0.1) is 0 Å². The normalized spacial score (nSPS) is 22.8. The number of aromatic nitrogens is 3. The summed E-state index contributed by atoms with van der Waals surface area (Å²) in [7, 11) is 0. The highest BCUT2D eigenvalue weighted by Crippen LogP contribution is 2.24. The molecule has 1 fully saturated rings. The Balaban J connectivity index is 1.70. The number of carbonyl (C=O) groups is 2. The number of fused-ring (bicyclic) bond motifs is 1. The third kappa shape index (κ3) is 1.54. The summed E-state index contributed by atoms with van der Waals surface area (Å²) in [6.07, 6.45) is 3.56. The largest absolute Gasteiger partial charge is 0.353 e. The van der Waals surface area contributed by atoms with Gasteiger partial charge >= 0.3 is 0 Å². The molecule has 1 aromatic heterocycles. The molecule has 0 spiro atoms. The average Bonchev–Trinajstić information content (AvgIpc) is 2.84. The quantitative estimate of drug-likeness (QED) is 0.716. The van der Waals surface area contributed by atoms with Crippen LogP contribution >= 0.6 is 0 Å². The summed E-state index contributed by atoms with van der Waals surface area (Å²) in [5.74, 6) is 0.0850. The first-order valence-corrected chi connectivity index (χ1v) is 5.24. The van der Waals surface area contributed by atoms with E-state index in [1.165, 1.54) is 11.0 Å². The molecule has 1 unspecified atom stereocenters. The number of nitrogens with zero attached hydrogens (tertiary/aromatic N) is 3. The van der Waals surface area contributed by atoms with Crippen LogP contribution in [0.5, 0.6) is 0 Å². The summed E-state index contributed by atoms with van der Waals surface area (Å²) in [4.78, 5) is 27.0. The number of hydrogen-bond acceptors (Lipinski definition) is 4. The van der Waals surface area contributed by atoms with Crippen LogP contribution in [0.1, 0.15) is 25.3 Å². The maximum absolute atomic E-state index is 11.6. The summed E-state index contributed by atoms with van der Waals surface area (Å²) in [5.41, 5.74) is 0. The van der Waals surface area contributed by atoms with Crippen molar-refractivity contribution in [2.75, 3.05) is 5.32 Å². The van der Waals surface area contributed by atoms with E-state index in [1.807, 2.05) is 0 Å². The first kappa shape index (κ1) is 9.32. The van der Waals surface area contributed by atoms with E-state index in [2.05, 4.69) is 20.7 Å². The molecule has 1 aromatic rings. The van der Waals surface area contributed by atoms with Gasteiger partial charge in [-0.25, -0.2) is 4.68 Å². The second-order valence-electron chi connectivity index (χ2n) is 4.08. The first-order valence-electron chi connectivity index (χ1n) is 5.24. The van der Waals surface area contributed by atoms with Gasteiger partial charge in [-0.3, -0.25) is 14.9 Å². The van der Waals surface area contributed by atoms with Gasteiger partial charge in [0.05, 0.1) is 6.42 Å². The van der Waals surface area contributed by atoms with E-state index in [4.69, 9.17) is 0 Å². The molecule has 84 valence electrons. The Bertz CT molecular complexity index is 451. The number of hydrogen-bond donors (Lipinski definition) is 2. The van der Waals surface area contributed by atoms with Crippen LogP contribution in [0.4, 0.5) is 5.95 Å². The Hall–Kier alpha value is -1.92. The first-order chi connectivity index (χ1) is 7.74. The summed E-state index contributed by atoms with van der Waals surface area (Å²) in [5, 5.41) is 9.33. The third-order valence-corrected chi connectivity index (χ3v) is 2.73. The zero-order valence-electron chi connectivity index (χ0n) is 8.51. The van der Waals surface area contributed by atoms with Gasteiger partial charge in [-0.15, -0.1) is 0 Å². The summed E-state index contributed by atoms with van der Waals surface area (Å²) in [6, 6.07) is -0.247. The zero-order chi connectivity index (χ0) is 11.1. The Labute approximate surface area is 91.2 Å². The van der Waals surface area contributed by atoms with Crippen molar-refractivity contribution in [3.05, 3.63) is 6.33 Å². The van der Waals surface area contributed by atoms with Crippen LogP contribution in [0.3, 0.4) is 0 Å². The average molecular weight is 221 g/mol. The molecule has 1 aliphatic heterocycles. The maximum atomic E-state index is 11.6. The lowest BCUT2D eigenvalue weighted by Gasteiger charge is -2.08. The van der Waals surface area contributed by atoms with Crippen LogP contribution in [0.15, 0.2) is 6.33 Å². The fourth-order valence-electron chi connectivity index (χ4n) is 1.74. The standard InChI is InChI=1S/C9H11N5O2/c15-7(12-5-1-2-5)3-6-8(16)13-9-10-4-11-14(6)9/h4-6H,1-3H2,(H,12,15)(H,10,11,13,16). The highest BCUT2D eigenvalue weighted by atomic mass is 16.2.